The minimum absolute atomic E-state index is 0.0109. The zero-order valence-corrected chi connectivity index (χ0v) is 15.5. The quantitative estimate of drug-likeness (QED) is 0.709. The van der Waals surface area contributed by atoms with Crippen LogP contribution in [0.1, 0.15) is 29.3 Å². The number of hydrogen-bond donors (Lipinski definition) is 0. The largest absolute Gasteiger partial charge is 0.460 e. The molecule has 0 unspecified atom stereocenters. The minimum atomic E-state index is -0.0607. The number of fused-ring (bicyclic) bond motifs is 1. The first-order valence-electron chi connectivity index (χ1n) is 8.48. The van der Waals surface area contributed by atoms with Gasteiger partial charge < -0.3 is 9.32 Å². The van der Waals surface area contributed by atoms with E-state index in [1.165, 1.54) is 4.57 Å². The summed E-state index contributed by atoms with van der Waals surface area (Å²) in [6.07, 6.45) is 0.895. The predicted octanol–water partition coefficient (Wildman–Crippen LogP) is 2.89. The summed E-state index contributed by atoms with van der Waals surface area (Å²) < 4.78 is 7.36. The highest BCUT2D eigenvalue weighted by Crippen LogP contribution is 2.27. The van der Waals surface area contributed by atoms with Crippen molar-refractivity contribution in [2.75, 3.05) is 0 Å². The number of nitrogens with zero attached hydrogens (tertiary/aromatic N) is 3. The van der Waals surface area contributed by atoms with Gasteiger partial charge in [0.05, 0.1) is 29.2 Å². The van der Waals surface area contributed by atoms with E-state index in [0.717, 1.165) is 22.1 Å². The zero-order chi connectivity index (χ0) is 18.3. The number of aryl methyl sites for hydroxylation is 2. The summed E-state index contributed by atoms with van der Waals surface area (Å²) in [5.41, 5.74) is 1.29. The number of furan rings is 1. The van der Waals surface area contributed by atoms with Gasteiger partial charge in [0.1, 0.15) is 17.3 Å². The van der Waals surface area contributed by atoms with Crippen LogP contribution in [-0.4, -0.2) is 20.4 Å². The summed E-state index contributed by atoms with van der Waals surface area (Å²) >= 11 is 1.62. The smallest absolute Gasteiger partial charge is 0.258 e. The highest BCUT2D eigenvalue weighted by Gasteiger charge is 2.27. The Hall–Kier alpha value is -2.67. The molecule has 134 valence electrons. The molecule has 0 bridgehead atoms. The third-order valence-corrected chi connectivity index (χ3v) is 5.63. The highest BCUT2D eigenvalue weighted by molar-refractivity contribution is 7.13. The molecular weight excluding hydrogens is 350 g/mol. The summed E-state index contributed by atoms with van der Waals surface area (Å²) in [6.45, 7) is 2.55. The molecule has 6 nitrogen and oxygen atoms in total. The molecule has 1 aliphatic rings. The minimum Gasteiger partial charge on any atom is -0.460 e. The lowest BCUT2D eigenvalue weighted by atomic mass is 10.2. The van der Waals surface area contributed by atoms with Crippen LogP contribution < -0.4 is 5.56 Å². The van der Waals surface area contributed by atoms with Crippen molar-refractivity contribution in [1.29, 1.82) is 0 Å². The molecule has 0 radical (unpaired) electrons. The van der Waals surface area contributed by atoms with Crippen molar-refractivity contribution in [3.63, 3.8) is 0 Å². The van der Waals surface area contributed by atoms with Crippen LogP contribution in [0.25, 0.3) is 10.6 Å². The Labute approximate surface area is 154 Å². The number of carbonyl (C=O) groups excluding carboxylic acids is 1. The van der Waals surface area contributed by atoms with Gasteiger partial charge in [-0.2, -0.15) is 0 Å². The Balaban J connectivity index is 1.41. The second-order valence-corrected chi connectivity index (χ2v) is 7.39. The first-order valence-corrected chi connectivity index (χ1v) is 9.36. The van der Waals surface area contributed by atoms with Gasteiger partial charge in [-0.05, 0) is 30.5 Å². The van der Waals surface area contributed by atoms with E-state index in [1.54, 1.807) is 30.2 Å². The molecule has 4 heterocycles. The molecule has 0 spiro atoms. The molecule has 26 heavy (non-hydrogen) atoms. The average molecular weight is 369 g/mol. The molecule has 3 aromatic heterocycles. The molecule has 0 aliphatic carbocycles. The molecular formula is C19H19N3O3S. The Bertz CT molecular complexity index is 1020. The van der Waals surface area contributed by atoms with Crippen molar-refractivity contribution in [2.24, 2.45) is 7.05 Å². The lowest BCUT2D eigenvalue weighted by Gasteiger charge is -2.14. The first-order chi connectivity index (χ1) is 12.5. The molecule has 0 saturated heterocycles. The van der Waals surface area contributed by atoms with E-state index >= 15 is 0 Å². The average Bonchev–Trinajstić information content (AvgIpc) is 3.36. The molecule has 0 aromatic carbocycles. The van der Waals surface area contributed by atoms with Gasteiger partial charge in [0.15, 0.2) is 0 Å². The number of carbonyl (C=O) groups is 1. The SMILES string of the molecule is Cc1nc2c(c(=O)n1C)CN(C(=O)CCc1ccc(-c3cccs3)o1)C2. The highest BCUT2D eigenvalue weighted by atomic mass is 32.1. The second kappa shape index (κ2) is 6.57. The predicted molar refractivity (Wildman–Crippen MR) is 98.8 cm³/mol. The number of thiophene rings is 1. The van der Waals surface area contributed by atoms with E-state index in [1.807, 2.05) is 29.6 Å². The lowest BCUT2D eigenvalue weighted by Crippen LogP contribution is -2.27. The Morgan fingerprint density at radius 3 is 2.92 bits per heavy atom. The van der Waals surface area contributed by atoms with Crippen LogP contribution in [-0.2, 0) is 31.4 Å². The molecule has 7 heteroatoms. The van der Waals surface area contributed by atoms with Crippen LogP contribution in [0.5, 0.6) is 0 Å². The van der Waals surface area contributed by atoms with E-state index in [0.29, 0.717) is 37.3 Å². The molecule has 0 atom stereocenters. The summed E-state index contributed by atoms with van der Waals surface area (Å²) in [4.78, 5) is 32.1. The van der Waals surface area contributed by atoms with Gasteiger partial charge in [-0.25, -0.2) is 4.98 Å². The Morgan fingerprint density at radius 1 is 1.31 bits per heavy atom. The standard InChI is InChI=1S/C19H19N3O3S/c1-12-20-15-11-22(10-14(15)19(24)21(12)2)18(23)8-6-13-5-7-16(25-13)17-4-3-9-26-17/h3-5,7,9H,6,8,10-11H2,1-2H3. The third kappa shape index (κ3) is 2.99. The van der Waals surface area contributed by atoms with Gasteiger partial charge in [0.2, 0.25) is 5.91 Å². The van der Waals surface area contributed by atoms with Gasteiger partial charge in [0.25, 0.3) is 5.56 Å². The van der Waals surface area contributed by atoms with Crippen molar-refractivity contribution >= 4 is 17.2 Å². The lowest BCUT2D eigenvalue weighted by molar-refractivity contribution is -0.131. The fraction of sp³-hybridized carbons (Fsp3) is 0.316. The second-order valence-electron chi connectivity index (χ2n) is 6.44. The maximum Gasteiger partial charge on any atom is 0.258 e. The first kappa shape index (κ1) is 16.8. The molecule has 0 fully saturated rings. The third-order valence-electron chi connectivity index (χ3n) is 4.75. The summed E-state index contributed by atoms with van der Waals surface area (Å²) in [6, 6.07) is 7.85. The van der Waals surface area contributed by atoms with Gasteiger partial charge in [0, 0.05) is 19.9 Å². The van der Waals surface area contributed by atoms with Crippen molar-refractivity contribution in [1.82, 2.24) is 14.5 Å². The number of hydrogen-bond acceptors (Lipinski definition) is 5. The normalized spacial score (nSPS) is 13.2. The van der Waals surface area contributed by atoms with Crippen LogP contribution >= 0.6 is 11.3 Å². The van der Waals surface area contributed by atoms with Gasteiger partial charge in [-0.1, -0.05) is 6.07 Å². The maximum absolute atomic E-state index is 12.6. The number of rotatable bonds is 4. The number of amides is 1. The van der Waals surface area contributed by atoms with Gasteiger partial charge >= 0.3 is 0 Å². The molecule has 0 N–H and O–H groups in total. The fourth-order valence-corrected chi connectivity index (χ4v) is 3.84. The van der Waals surface area contributed by atoms with E-state index in [-0.39, 0.29) is 11.5 Å². The topological polar surface area (TPSA) is 68.3 Å². The van der Waals surface area contributed by atoms with Gasteiger partial charge in [-0.3, -0.25) is 14.2 Å². The Kier molecular flexibility index (Phi) is 4.24. The molecule has 1 amide bonds. The maximum atomic E-state index is 12.6. The van der Waals surface area contributed by atoms with E-state index < -0.39 is 0 Å². The monoisotopic (exact) mass is 369 g/mol. The van der Waals surface area contributed by atoms with Crippen LogP contribution in [0.15, 0.2) is 38.9 Å². The summed E-state index contributed by atoms with van der Waals surface area (Å²) in [5, 5.41) is 2.01. The van der Waals surface area contributed by atoms with Crippen molar-refractivity contribution in [2.45, 2.75) is 32.9 Å². The zero-order valence-electron chi connectivity index (χ0n) is 14.7. The van der Waals surface area contributed by atoms with E-state index in [9.17, 15) is 9.59 Å². The van der Waals surface area contributed by atoms with Crippen LogP contribution in [0.3, 0.4) is 0 Å². The van der Waals surface area contributed by atoms with Crippen LogP contribution in [0.2, 0.25) is 0 Å². The molecule has 3 aromatic rings. The molecule has 4 rings (SSSR count). The van der Waals surface area contributed by atoms with E-state index in [2.05, 4.69) is 4.98 Å². The van der Waals surface area contributed by atoms with Crippen LogP contribution in [0, 0.1) is 6.92 Å². The fourth-order valence-electron chi connectivity index (χ4n) is 3.16. The van der Waals surface area contributed by atoms with Crippen molar-refractivity contribution < 1.29 is 9.21 Å². The van der Waals surface area contributed by atoms with Gasteiger partial charge in [-0.15, -0.1) is 11.3 Å². The number of aromatic nitrogens is 2. The molecule has 1 aliphatic heterocycles. The van der Waals surface area contributed by atoms with Crippen molar-refractivity contribution in [3.8, 4) is 10.6 Å². The van der Waals surface area contributed by atoms with E-state index in [4.69, 9.17) is 4.42 Å². The summed E-state index contributed by atoms with van der Waals surface area (Å²) in [7, 11) is 1.71. The van der Waals surface area contributed by atoms with Crippen LogP contribution in [0.4, 0.5) is 0 Å². The Morgan fingerprint density at radius 2 is 2.15 bits per heavy atom. The molecule has 0 saturated carbocycles. The van der Waals surface area contributed by atoms with Crippen molar-refractivity contribution in [3.05, 3.63) is 62.8 Å². The summed E-state index contributed by atoms with van der Waals surface area (Å²) in [5.74, 6) is 2.30.